The van der Waals surface area contributed by atoms with Gasteiger partial charge in [0.2, 0.25) is 0 Å². The van der Waals surface area contributed by atoms with Crippen LogP contribution in [-0.4, -0.2) is 58.8 Å². The summed E-state index contributed by atoms with van der Waals surface area (Å²) in [6, 6.07) is 0.370. The molecule has 2 aliphatic heterocycles. The number of hydrogen-bond acceptors (Lipinski definition) is 6. The topological polar surface area (TPSA) is 103 Å². The monoisotopic (exact) mass is 470 g/mol. The number of pyridine rings is 1. The van der Waals surface area contributed by atoms with E-state index in [4.69, 9.17) is 20.5 Å². The van der Waals surface area contributed by atoms with Gasteiger partial charge < -0.3 is 19.8 Å². The number of hydrogen-bond donors (Lipinski definition) is 2. The predicted molar refractivity (Wildman–Crippen MR) is 111 cm³/mol. The van der Waals surface area contributed by atoms with Gasteiger partial charge in [-0.05, 0) is 37.5 Å². The number of amides is 2. The molecule has 2 amide bonds. The molecule has 11 heteroatoms. The lowest BCUT2D eigenvalue weighted by molar-refractivity contribution is -0.126. The molecule has 0 aliphatic carbocycles. The minimum Gasteiger partial charge on any atom is -0.491 e. The highest BCUT2D eigenvalue weighted by atomic mass is 35.5. The Hall–Kier alpha value is -2.82. The fourth-order valence-electron chi connectivity index (χ4n) is 3.85. The molecule has 8 nitrogen and oxygen atoms in total. The first-order valence-corrected chi connectivity index (χ1v) is 10.0. The highest BCUT2D eigenvalue weighted by Crippen LogP contribution is 2.35. The Morgan fingerprint density at radius 1 is 1.34 bits per heavy atom. The Bertz CT molecular complexity index is 1220. The molecule has 32 heavy (non-hydrogen) atoms. The Morgan fingerprint density at radius 3 is 2.81 bits per heavy atom. The van der Waals surface area contributed by atoms with Gasteiger partial charge in [-0.3, -0.25) is 14.5 Å². The number of ether oxygens (including phenoxy) is 1. The molecule has 1 aromatic heterocycles. The van der Waals surface area contributed by atoms with Crippen LogP contribution < -0.4 is 14.5 Å². The van der Waals surface area contributed by atoms with Gasteiger partial charge in [0.15, 0.2) is 6.10 Å². The number of aromatic nitrogens is 1. The van der Waals surface area contributed by atoms with Gasteiger partial charge >= 0.3 is 0 Å². The fourth-order valence-corrected chi connectivity index (χ4v) is 4.01. The minimum atomic E-state index is -3.34. The molecule has 4 rings (SSSR count). The summed E-state index contributed by atoms with van der Waals surface area (Å²) in [5, 5.41) is 20.2. The van der Waals surface area contributed by atoms with E-state index in [9.17, 15) is 28.6 Å². The van der Waals surface area contributed by atoms with Gasteiger partial charge in [-0.25, -0.2) is 13.8 Å². The average Bonchev–Trinajstić information content (AvgIpc) is 3.00. The number of aliphatic hydroxyl groups excluding tert-OH is 2. The van der Waals surface area contributed by atoms with E-state index in [1.807, 2.05) is 0 Å². The van der Waals surface area contributed by atoms with Gasteiger partial charge in [0, 0.05) is 17.2 Å². The summed E-state index contributed by atoms with van der Waals surface area (Å²) < 4.78 is 57.3. The zero-order chi connectivity index (χ0) is 25.8. The number of carbonyl (C=O) groups is 2. The lowest BCUT2D eigenvalue weighted by Gasteiger charge is -2.30. The number of aryl methyl sites for hydroxylation is 2. The Kier molecular flexibility index (Phi) is 4.84. The highest BCUT2D eigenvalue weighted by Gasteiger charge is 2.52. The number of likely N-dealkylation sites (N-methyl/N-ethyl adjacent to an activating group) is 1. The molecule has 0 spiro atoms. The van der Waals surface area contributed by atoms with E-state index in [0.717, 1.165) is 0 Å². The van der Waals surface area contributed by atoms with E-state index < -0.39 is 59.4 Å². The summed E-state index contributed by atoms with van der Waals surface area (Å²) in [5.74, 6) is -4.80. The summed E-state index contributed by atoms with van der Waals surface area (Å²) in [7, 11) is 0. The quantitative estimate of drug-likeness (QED) is 0.662. The van der Waals surface area contributed by atoms with Crippen LogP contribution in [0.3, 0.4) is 0 Å². The van der Waals surface area contributed by atoms with Crippen LogP contribution in [0.2, 0.25) is 5.02 Å². The lowest BCUT2D eigenvalue weighted by atomic mass is 10.1. The molecule has 2 N–H and O–H groups in total. The predicted octanol–water partition coefficient (Wildman–Crippen LogP) is 1.75. The first kappa shape index (κ1) is 18.7. The Morgan fingerprint density at radius 2 is 2.09 bits per heavy atom. The molecular weight excluding hydrogens is 448 g/mol. The normalized spacial score (nSPS) is 24.3. The van der Waals surface area contributed by atoms with Gasteiger partial charge in [-0.1, -0.05) is 11.6 Å². The third kappa shape index (κ3) is 3.58. The first-order valence-electron chi connectivity index (χ1n) is 11.1. The SMILES string of the molecule is [2H]C([2H])([2H])N(C(=O)[C@@H]1[C@H](O)[C@H](O)C(=O)N1c1cc2c(c(C)n1)OCCC2)c1cc(Cl)c(F)cc1F. The van der Waals surface area contributed by atoms with Crippen molar-refractivity contribution in [3.05, 3.63) is 46.1 Å². The molecule has 2 aliphatic rings. The number of anilines is 2. The molecule has 1 aromatic carbocycles. The summed E-state index contributed by atoms with van der Waals surface area (Å²) in [5.41, 5.74) is 0.138. The van der Waals surface area contributed by atoms with Crippen LogP contribution in [0.15, 0.2) is 18.2 Å². The van der Waals surface area contributed by atoms with Crippen molar-refractivity contribution in [3.8, 4) is 5.75 Å². The maximum absolute atomic E-state index is 14.6. The molecule has 0 bridgehead atoms. The van der Waals surface area contributed by atoms with E-state index >= 15 is 0 Å². The standard InChI is InChI=1S/C21H20ClF2N3O5/c1-9-19-10(4-3-5-32-19)6-15(25-9)27-16(17(28)18(29)21(27)31)20(30)26(2)14-7-11(22)12(23)8-13(14)24/h6-8,16-18,28-29H,3-5H2,1-2H3/t16-,17-,18-/m0/s1/i2D3. The zero-order valence-corrected chi connectivity index (χ0v) is 17.4. The van der Waals surface area contributed by atoms with Gasteiger partial charge in [-0.2, -0.15) is 0 Å². The number of benzene rings is 1. The van der Waals surface area contributed by atoms with E-state index in [0.29, 0.717) is 53.5 Å². The highest BCUT2D eigenvalue weighted by molar-refractivity contribution is 6.31. The molecule has 0 saturated carbocycles. The van der Waals surface area contributed by atoms with Gasteiger partial charge in [0.1, 0.15) is 35.3 Å². The van der Waals surface area contributed by atoms with Crippen molar-refractivity contribution in [1.82, 2.24) is 4.98 Å². The Labute approximate surface area is 191 Å². The number of halogens is 3. The van der Waals surface area contributed by atoms with Crippen LogP contribution in [-0.2, 0) is 16.0 Å². The van der Waals surface area contributed by atoms with E-state index in [2.05, 4.69) is 4.98 Å². The zero-order valence-electron chi connectivity index (χ0n) is 19.7. The summed E-state index contributed by atoms with van der Waals surface area (Å²) in [6.45, 7) is -1.27. The van der Waals surface area contributed by atoms with Crippen LogP contribution in [0.1, 0.15) is 21.8 Å². The van der Waals surface area contributed by atoms with Crippen molar-refractivity contribution >= 4 is 34.9 Å². The smallest absolute Gasteiger partial charge is 0.260 e. The second kappa shape index (κ2) is 8.27. The molecule has 1 fully saturated rings. The van der Waals surface area contributed by atoms with Gasteiger partial charge in [0.25, 0.3) is 11.8 Å². The molecule has 3 heterocycles. The van der Waals surface area contributed by atoms with Gasteiger partial charge in [-0.15, -0.1) is 0 Å². The molecule has 170 valence electrons. The largest absolute Gasteiger partial charge is 0.491 e. The van der Waals surface area contributed by atoms with Crippen molar-refractivity contribution in [2.75, 3.05) is 23.4 Å². The van der Waals surface area contributed by atoms with Crippen LogP contribution in [0, 0.1) is 18.6 Å². The molecule has 1 saturated heterocycles. The third-order valence-corrected chi connectivity index (χ3v) is 5.70. The van der Waals surface area contributed by atoms with Crippen LogP contribution in [0.25, 0.3) is 0 Å². The van der Waals surface area contributed by atoms with Crippen molar-refractivity contribution in [3.63, 3.8) is 0 Å². The van der Waals surface area contributed by atoms with Crippen LogP contribution in [0.4, 0.5) is 20.3 Å². The van der Waals surface area contributed by atoms with Crippen molar-refractivity contribution < 1.29 is 37.4 Å². The third-order valence-electron chi connectivity index (χ3n) is 5.41. The molecule has 2 aromatic rings. The number of aliphatic hydroxyl groups is 2. The number of fused-ring (bicyclic) bond motifs is 1. The summed E-state index contributed by atoms with van der Waals surface area (Å²) in [6.07, 6.45) is -2.92. The second-order valence-corrected chi connectivity index (χ2v) is 7.89. The summed E-state index contributed by atoms with van der Waals surface area (Å²) >= 11 is 5.69. The maximum Gasteiger partial charge on any atom is 0.260 e. The van der Waals surface area contributed by atoms with Crippen molar-refractivity contribution in [2.24, 2.45) is 0 Å². The van der Waals surface area contributed by atoms with E-state index in [-0.39, 0.29) is 10.7 Å². The average molecular weight is 471 g/mol. The van der Waals surface area contributed by atoms with Crippen LogP contribution in [0.5, 0.6) is 5.75 Å². The van der Waals surface area contributed by atoms with E-state index in [1.165, 1.54) is 6.07 Å². The van der Waals surface area contributed by atoms with Gasteiger partial charge in [0.05, 0.1) is 23.0 Å². The first-order chi connectivity index (χ1) is 16.3. The number of nitrogens with zero attached hydrogens (tertiary/aromatic N) is 3. The molecule has 3 atom stereocenters. The number of carbonyl (C=O) groups excluding carboxylic acids is 2. The second-order valence-electron chi connectivity index (χ2n) is 7.49. The Balaban J connectivity index is 1.84. The molecular formula is C21H20ClF2N3O5. The van der Waals surface area contributed by atoms with Crippen LogP contribution >= 0.6 is 11.6 Å². The molecule has 0 unspecified atom stereocenters. The molecule has 0 radical (unpaired) electrons. The van der Waals surface area contributed by atoms with Crippen molar-refractivity contribution in [1.29, 1.82) is 0 Å². The fraction of sp³-hybridized carbons (Fsp3) is 0.381. The minimum absolute atomic E-state index is 0.00572. The van der Waals surface area contributed by atoms with E-state index in [1.54, 1.807) is 6.92 Å². The maximum atomic E-state index is 14.6. The summed E-state index contributed by atoms with van der Waals surface area (Å²) in [4.78, 5) is 31.4. The number of rotatable bonds is 3. The van der Waals surface area contributed by atoms with Crippen molar-refractivity contribution in [2.45, 2.75) is 38.0 Å². The lowest BCUT2D eigenvalue weighted by Crippen LogP contribution is -2.50.